The number of aromatic nitrogens is 4. The molecule has 9 rings (SSSR count). The molecule has 7 aromatic rings. The number of ether oxygens (including phenoxy) is 2. The molecule has 11 heteroatoms. The van der Waals surface area contributed by atoms with Crippen LogP contribution < -0.4 is 9.97 Å². The summed E-state index contributed by atoms with van der Waals surface area (Å²) >= 11 is 0. The molecule has 0 atom stereocenters. The summed E-state index contributed by atoms with van der Waals surface area (Å²) < 4.78 is 9.96. The SMILES string of the molecule is COC(=O)c1ccc(-c2c3nc(c(-c4ccc(C(=O)OC)cc4)c4ccc([n-]4)c(-c4ccc(C(C)=O)cc4)c4nc(c(-c5ccc(C(C)=O)cc5)c5ccc2[n-]5)C=C4)C=C3)cc1.[Cu+2]. The minimum Gasteiger partial charge on any atom is -0.657 e. The minimum absolute atomic E-state index is 0. The molecule has 311 valence electrons. The number of esters is 2. The predicted molar refractivity (Wildman–Crippen MR) is 241 cm³/mol. The van der Waals surface area contributed by atoms with E-state index in [9.17, 15) is 19.2 Å². The Labute approximate surface area is 372 Å². The standard InChI is InChI=1S/C52H37N4O6.Cu/c1-29(57)31-5-9-33(10-6-31)47-39-21-22-40(53-39)48(34-11-7-32(8-12-34)30(2)58)42-24-26-44(55-42)50(36-15-19-38(20-16-36)52(60)62-4)46-28-27-45(56-46)49(43-25-23-41(47)54-43)35-13-17-37(18-14-35)51(59)61-3;/h5-28H,1-4H3,(H-,53,54,55,56,57,58,59,60);/q-1;+2/p-1. The van der Waals surface area contributed by atoms with Crippen molar-refractivity contribution in [2.45, 2.75) is 13.8 Å². The van der Waals surface area contributed by atoms with Gasteiger partial charge in [0.25, 0.3) is 0 Å². The maximum absolute atomic E-state index is 12.5. The van der Waals surface area contributed by atoms with Gasteiger partial charge in [0.05, 0.1) is 48.1 Å². The zero-order chi connectivity index (χ0) is 43.1. The second-order valence-corrected chi connectivity index (χ2v) is 14.8. The second-order valence-electron chi connectivity index (χ2n) is 14.8. The maximum Gasteiger partial charge on any atom is 2.00 e. The van der Waals surface area contributed by atoms with E-state index in [4.69, 9.17) is 29.4 Å². The van der Waals surface area contributed by atoms with Crippen molar-refractivity contribution in [1.29, 1.82) is 0 Å². The number of carbonyl (C=O) groups excluding carboxylic acids is 4. The van der Waals surface area contributed by atoms with Crippen LogP contribution in [-0.2, 0) is 26.5 Å². The summed E-state index contributed by atoms with van der Waals surface area (Å²) in [6.07, 6.45) is 7.76. The van der Waals surface area contributed by atoms with E-state index in [0.29, 0.717) is 67.1 Å². The van der Waals surface area contributed by atoms with Gasteiger partial charge < -0.3 is 19.4 Å². The van der Waals surface area contributed by atoms with Gasteiger partial charge in [-0.1, -0.05) is 97.1 Å². The van der Waals surface area contributed by atoms with Crippen molar-refractivity contribution < 1.29 is 45.7 Å². The molecule has 0 unspecified atom stereocenters. The third-order valence-electron chi connectivity index (χ3n) is 11.0. The Bertz CT molecular complexity index is 3000. The fourth-order valence-electron chi connectivity index (χ4n) is 7.80. The Morgan fingerprint density at radius 3 is 0.841 bits per heavy atom. The van der Waals surface area contributed by atoms with Gasteiger partial charge in [-0.05, 0) is 107 Å². The number of benzene rings is 4. The number of ketones is 2. The van der Waals surface area contributed by atoms with Crippen molar-refractivity contribution >= 4 is 69.9 Å². The summed E-state index contributed by atoms with van der Waals surface area (Å²) in [5, 5.41) is 0. The summed E-state index contributed by atoms with van der Waals surface area (Å²) in [5.41, 5.74) is 13.1. The van der Waals surface area contributed by atoms with Crippen LogP contribution in [0.25, 0.3) is 90.9 Å². The normalized spacial score (nSPS) is 11.5. The number of Topliss-reactive ketones (excluding diaryl/α,β-unsaturated/α-hetero) is 2. The van der Waals surface area contributed by atoms with Gasteiger partial charge >= 0.3 is 29.0 Å². The van der Waals surface area contributed by atoms with Gasteiger partial charge in [-0.15, -0.1) is 22.1 Å². The van der Waals surface area contributed by atoms with Crippen LogP contribution in [0, 0.1) is 0 Å². The third kappa shape index (κ3) is 7.99. The van der Waals surface area contributed by atoms with Gasteiger partial charge in [0.1, 0.15) is 0 Å². The van der Waals surface area contributed by atoms with Gasteiger partial charge in [0.2, 0.25) is 0 Å². The topological polar surface area (TPSA) is 141 Å². The van der Waals surface area contributed by atoms with Gasteiger partial charge in [-0.3, -0.25) is 9.59 Å². The van der Waals surface area contributed by atoms with Crippen molar-refractivity contribution in [2.75, 3.05) is 14.2 Å². The first-order valence-electron chi connectivity index (χ1n) is 19.8. The molecule has 0 spiro atoms. The van der Waals surface area contributed by atoms with Crippen LogP contribution >= 0.6 is 0 Å². The molecule has 2 aliphatic heterocycles. The summed E-state index contributed by atoms with van der Waals surface area (Å²) in [6.45, 7) is 3.07. The Morgan fingerprint density at radius 2 is 0.619 bits per heavy atom. The summed E-state index contributed by atoms with van der Waals surface area (Å²) in [5.74, 6) is -0.996. The van der Waals surface area contributed by atoms with E-state index in [1.807, 2.05) is 97.1 Å². The molecule has 2 aliphatic rings. The van der Waals surface area contributed by atoms with E-state index in [-0.39, 0.29) is 28.6 Å². The van der Waals surface area contributed by atoms with E-state index in [1.165, 1.54) is 28.1 Å². The molecule has 63 heavy (non-hydrogen) atoms. The predicted octanol–water partition coefficient (Wildman–Crippen LogP) is 10.6. The number of nitrogens with zero attached hydrogens (tertiary/aromatic N) is 4. The number of carbonyl (C=O) groups is 4. The molecule has 1 radical (unpaired) electrons. The van der Waals surface area contributed by atoms with Crippen molar-refractivity contribution in [3.8, 4) is 44.5 Å². The Kier molecular flexibility index (Phi) is 11.6. The number of hydrogen-bond donors (Lipinski definition) is 0. The average Bonchev–Trinajstić information content (AvgIpc) is 4.15. The van der Waals surface area contributed by atoms with Gasteiger partial charge in [-0.2, -0.15) is 0 Å². The maximum atomic E-state index is 12.5. The molecule has 10 nitrogen and oxygen atoms in total. The van der Waals surface area contributed by atoms with Crippen LogP contribution in [0.1, 0.15) is 78.1 Å². The quantitative estimate of drug-likeness (QED) is 0.0823. The molecular weight excluding hydrogens is 840 g/mol. The molecule has 4 aromatic carbocycles. The summed E-state index contributed by atoms with van der Waals surface area (Å²) in [7, 11) is 2.69. The van der Waals surface area contributed by atoms with Crippen molar-refractivity contribution in [3.63, 3.8) is 0 Å². The van der Waals surface area contributed by atoms with E-state index < -0.39 is 11.9 Å². The van der Waals surface area contributed by atoms with Gasteiger partial charge in [-0.25, -0.2) is 19.6 Å². The summed E-state index contributed by atoms with van der Waals surface area (Å²) in [6, 6.07) is 36.8. The van der Waals surface area contributed by atoms with E-state index in [1.54, 1.807) is 48.5 Å². The Balaban J connectivity index is 0.00000544. The number of fused-ring (bicyclic) bond motifs is 8. The second kappa shape index (κ2) is 17.3. The van der Waals surface area contributed by atoms with Crippen molar-refractivity contribution in [1.82, 2.24) is 19.9 Å². The molecule has 5 heterocycles. The Hall–Kier alpha value is -7.72. The fourth-order valence-corrected chi connectivity index (χ4v) is 7.80. The largest absolute Gasteiger partial charge is 2.00 e. The monoisotopic (exact) mass is 875 g/mol. The van der Waals surface area contributed by atoms with Crippen molar-refractivity contribution in [2.24, 2.45) is 0 Å². The molecule has 0 saturated heterocycles. The molecule has 0 saturated carbocycles. The minimum atomic E-state index is -0.453. The first-order chi connectivity index (χ1) is 30.1. The molecule has 3 aromatic heterocycles. The van der Waals surface area contributed by atoms with Crippen LogP contribution in [-0.4, -0.2) is 47.7 Å². The molecule has 0 aliphatic carbocycles. The van der Waals surface area contributed by atoms with Crippen LogP contribution in [0.3, 0.4) is 0 Å². The molecule has 0 amide bonds. The molecule has 8 bridgehead atoms. The first kappa shape index (κ1) is 42.0. The van der Waals surface area contributed by atoms with E-state index in [0.717, 1.165) is 44.5 Å². The van der Waals surface area contributed by atoms with Crippen LogP contribution in [0.4, 0.5) is 0 Å². The number of methoxy groups -OCH3 is 2. The van der Waals surface area contributed by atoms with Crippen LogP contribution in [0.2, 0.25) is 0 Å². The molecule has 0 N–H and O–H groups in total. The van der Waals surface area contributed by atoms with Gasteiger partial charge in [0.15, 0.2) is 11.6 Å². The fraction of sp³-hybridized carbons (Fsp3) is 0.0769. The van der Waals surface area contributed by atoms with Crippen molar-refractivity contribution in [3.05, 3.63) is 166 Å². The average molecular weight is 876 g/mol. The number of rotatable bonds is 8. The third-order valence-corrected chi connectivity index (χ3v) is 11.0. The van der Waals surface area contributed by atoms with E-state index >= 15 is 0 Å². The molecule has 0 fully saturated rings. The molecular formula is C52H36CuN4O6. The van der Waals surface area contributed by atoms with Crippen LogP contribution in [0.5, 0.6) is 0 Å². The van der Waals surface area contributed by atoms with E-state index in [2.05, 4.69) is 0 Å². The van der Waals surface area contributed by atoms with Crippen LogP contribution in [0.15, 0.2) is 121 Å². The zero-order valence-electron chi connectivity index (χ0n) is 34.4. The number of hydrogen-bond acceptors (Lipinski definition) is 8. The summed E-state index contributed by atoms with van der Waals surface area (Å²) in [4.78, 5) is 70.6. The Morgan fingerprint density at radius 1 is 0.381 bits per heavy atom. The van der Waals surface area contributed by atoms with Gasteiger partial charge in [0, 0.05) is 11.1 Å². The smallest absolute Gasteiger partial charge is 0.657 e. The zero-order valence-corrected chi connectivity index (χ0v) is 35.3. The first-order valence-corrected chi connectivity index (χ1v) is 19.8.